The summed E-state index contributed by atoms with van der Waals surface area (Å²) in [5.41, 5.74) is 6.90. The third-order valence-corrected chi connectivity index (χ3v) is 3.39. The Labute approximate surface area is 114 Å². The molecule has 0 aromatic heterocycles. The Morgan fingerprint density at radius 1 is 1.11 bits per heavy atom. The lowest BCUT2D eigenvalue weighted by Gasteiger charge is -2.18. The minimum Gasteiger partial charge on any atom is -0.496 e. The Balaban J connectivity index is 2.97. The van der Waals surface area contributed by atoms with Crippen molar-refractivity contribution in [1.29, 1.82) is 0 Å². The summed E-state index contributed by atoms with van der Waals surface area (Å²) in [6.45, 7) is 4.18. The number of hydrogen-bond donors (Lipinski definition) is 1. The van der Waals surface area contributed by atoms with E-state index in [1.807, 2.05) is 13.0 Å². The van der Waals surface area contributed by atoms with Gasteiger partial charge in [0.05, 0.1) is 19.2 Å². The molecule has 0 bridgehead atoms. The molecule has 0 fully saturated rings. The lowest BCUT2D eigenvalue weighted by Crippen LogP contribution is -2.15. The first-order valence-electron chi connectivity index (χ1n) is 6.16. The van der Waals surface area contributed by atoms with Crippen LogP contribution in [0.5, 0.6) is 11.5 Å². The van der Waals surface area contributed by atoms with E-state index in [-0.39, 0.29) is 6.04 Å². The summed E-state index contributed by atoms with van der Waals surface area (Å²) in [4.78, 5) is 0. The summed E-state index contributed by atoms with van der Waals surface area (Å²) in [6.07, 6.45) is 1.99. The van der Waals surface area contributed by atoms with E-state index >= 15 is 0 Å². The van der Waals surface area contributed by atoms with Gasteiger partial charge in [0.25, 0.3) is 0 Å². The standard InChI is InChI=1S/C14H22ClNO2/c1-9(5-6-10(2)16)11-7-14(18-4)12(15)8-13(11)17-3/h7-10H,5-6,16H2,1-4H3. The molecule has 0 saturated carbocycles. The topological polar surface area (TPSA) is 44.5 Å². The number of halogens is 1. The molecule has 0 radical (unpaired) electrons. The summed E-state index contributed by atoms with van der Waals surface area (Å²) in [5.74, 6) is 1.84. The average Bonchev–Trinajstić information content (AvgIpc) is 2.35. The largest absolute Gasteiger partial charge is 0.496 e. The molecule has 0 aliphatic heterocycles. The van der Waals surface area contributed by atoms with Crippen LogP contribution in [0.1, 0.15) is 38.2 Å². The molecule has 3 nitrogen and oxygen atoms in total. The maximum atomic E-state index is 6.09. The van der Waals surface area contributed by atoms with Gasteiger partial charge in [0.2, 0.25) is 0 Å². The Bertz CT molecular complexity index is 394. The van der Waals surface area contributed by atoms with Crippen LogP contribution in [0.4, 0.5) is 0 Å². The van der Waals surface area contributed by atoms with Crippen LogP contribution in [0.2, 0.25) is 5.02 Å². The number of ether oxygens (including phenoxy) is 2. The van der Waals surface area contributed by atoms with Gasteiger partial charge < -0.3 is 15.2 Å². The lowest BCUT2D eigenvalue weighted by molar-refractivity contribution is 0.394. The van der Waals surface area contributed by atoms with Gasteiger partial charge >= 0.3 is 0 Å². The number of rotatable bonds is 6. The van der Waals surface area contributed by atoms with E-state index in [0.29, 0.717) is 16.7 Å². The Morgan fingerprint density at radius 3 is 2.22 bits per heavy atom. The summed E-state index contributed by atoms with van der Waals surface area (Å²) in [6, 6.07) is 3.97. The fourth-order valence-electron chi connectivity index (χ4n) is 1.94. The third-order valence-electron chi connectivity index (χ3n) is 3.09. The van der Waals surface area contributed by atoms with Crippen molar-refractivity contribution in [3.05, 3.63) is 22.7 Å². The molecule has 4 heteroatoms. The van der Waals surface area contributed by atoms with Crippen molar-refractivity contribution in [2.75, 3.05) is 14.2 Å². The first-order valence-corrected chi connectivity index (χ1v) is 6.54. The highest BCUT2D eigenvalue weighted by molar-refractivity contribution is 6.32. The molecule has 0 amide bonds. The second-order valence-electron chi connectivity index (χ2n) is 4.68. The van der Waals surface area contributed by atoms with Crippen molar-refractivity contribution in [1.82, 2.24) is 0 Å². The number of nitrogens with two attached hydrogens (primary N) is 1. The molecule has 0 heterocycles. The zero-order valence-electron chi connectivity index (χ0n) is 11.5. The minimum atomic E-state index is 0.215. The first-order chi connectivity index (χ1) is 8.49. The molecule has 0 saturated heterocycles. The molecule has 1 rings (SSSR count). The SMILES string of the molecule is COc1cc(C(C)CCC(C)N)c(OC)cc1Cl. The highest BCUT2D eigenvalue weighted by atomic mass is 35.5. The van der Waals surface area contributed by atoms with Gasteiger partial charge in [-0.05, 0) is 31.7 Å². The van der Waals surface area contributed by atoms with Crippen LogP contribution in [-0.2, 0) is 0 Å². The van der Waals surface area contributed by atoms with Crippen molar-refractivity contribution < 1.29 is 9.47 Å². The predicted octanol–water partition coefficient (Wildman–Crippen LogP) is 3.59. The molecule has 1 aromatic carbocycles. The maximum Gasteiger partial charge on any atom is 0.138 e. The minimum absolute atomic E-state index is 0.215. The Hall–Kier alpha value is -0.930. The van der Waals surface area contributed by atoms with E-state index in [2.05, 4.69) is 6.92 Å². The van der Waals surface area contributed by atoms with Crippen molar-refractivity contribution in [2.24, 2.45) is 5.73 Å². The number of benzene rings is 1. The van der Waals surface area contributed by atoms with Crippen LogP contribution in [0.3, 0.4) is 0 Å². The number of hydrogen-bond acceptors (Lipinski definition) is 3. The quantitative estimate of drug-likeness (QED) is 0.860. The van der Waals surface area contributed by atoms with E-state index < -0.39 is 0 Å². The van der Waals surface area contributed by atoms with E-state index in [0.717, 1.165) is 24.2 Å². The summed E-state index contributed by atoms with van der Waals surface area (Å²) >= 11 is 6.09. The third kappa shape index (κ3) is 3.79. The van der Waals surface area contributed by atoms with E-state index in [4.69, 9.17) is 26.8 Å². The monoisotopic (exact) mass is 271 g/mol. The fraction of sp³-hybridized carbons (Fsp3) is 0.571. The first kappa shape index (κ1) is 15.1. The number of methoxy groups -OCH3 is 2. The van der Waals surface area contributed by atoms with Gasteiger partial charge in [0.1, 0.15) is 11.5 Å². The van der Waals surface area contributed by atoms with Crippen molar-refractivity contribution in [3.8, 4) is 11.5 Å². The molecule has 1 aromatic rings. The maximum absolute atomic E-state index is 6.09. The van der Waals surface area contributed by atoms with Gasteiger partial charge in [0, 0.05) is 17.7 Å². The molecular formula is C14H22ClNO2. The molecule has 102 valence electrons. The van der Waals surface area contributed by atoms with Gasteiger partial charge in [-0.1, -0.05) is 18.5 Å². The van der Waals surface area contributed by atoms with E-state index in [9.17, 15) is 0 Å². The molecule has 0 spiro atoms. The van der Waals surface area contributed by atoms with Gasteiger partial charge in [-0.3, -0.25) is 0 Å². The zero-order chi connectivity index (χ0) is 13.7. The predicted molar refractivity (Wildman–Crippen MR) is 75.9 cm³/mol. The lowest BCUT2D eigenvalue weighted by atomic mass is 9.93. The molecule has 2 N–H and O–H groups in total. The van der Waals surface area contributed by atoms with E-state index in [1.54, 1.807) is 20.3 Å². The van der Waals surface area contributed by atoms with Crippen LogP contribution in [0, 0.1) is 0 Å². The van der Waals surface area contributed by atoms with Crippen LogP contribution < -0.4 is 15.2 Å². The van der Waals surface area contributed by atoms with Crippen LogP contribution in [0.25, 0.3) is 0 Å². The van der Waals surface area contributed by atoms with Crippen molar-refractivity contribution in [2.45, 2.75) is 38.6 Å². The molecule has 2 atom stereocenters. The van der Waals surface area contributed by atoms with Crippen LogP contribution >= 0.6 is 11.6 Å². The van der Waals surface area contributed by atoms with Crippen LogP contribution in [-0.4, -0.2) is 20.3 Å². The second kappa shape index (κ2) is 6.86. The summed E-state index contributed by atoms with van der Waals surface area (Å²) in [5, 5.41) is 0.567. The molecule has 18 heavy (non-hydrogen) atoms. The van der Waals surface area contributed by atoms with Crippen LogP contribution in [0.15, 0.2) is 12.1 Å². The zero-order valence-corrected chi connectivity index (χ0v) is 12.3. The van der Waals surface area contributed by atoms with E-state index in [1.165, 1.54) is 0 Å². The highest BCUT2D eigenvalue weighted by Gasteiger charge is 2.15. The molecule has 0 aliphatic rings. The molecular weight excluding hydrogens is 250 g/mol. The second-order valence-corrected chi connectivity index (χ2v) is 5.09. The van der Waals surface area contributed by atoms with Gasteiger partial charge in [-0.25, -0.2) is 0 Å². The van der Waals surface area contributed by atoms with Gasteiger partial charge in [-0.15, -0.1) is 0 Å². The summed E-state index contributed by atoms with van der Waals surface area (Å²) in [7, 11) is 3.27. The van der Waals surface area contributed by atoms with Gasteiger partial charge in [-0.2, -0.15) is 0 Å². The average molecular weight is 272 g/mol. The smallest absolute Gasteiger partial charge is 0.138 e. The molecule has 2 unspecified atom stereocenters. The Morgan fingerprint density at radius 2 is 1.72 bits per heavy atom. The van der Waals surface area contributed by atoms with Crippen molar-refractivity contribution >= 4 is 11.6 Å². The van der Waals surface area contributed by atoms with Gasteiger partial charge in [0.15, 0.2) is 0 Å². The Kier molecular flexibility index (Phi) is 5.76. The highest BCUT2D eigenvalue weighted by Crippen LogP contribution is 2.37. The molecule has 0 aliphatic carbocycles. The summed E-state index contributed by atoms with van der Waals surface area (Å²) < 4.78 is 10.6. The fourth-order valence-corrected chi connectivity index (χ4v) is 2.17. The van der Waals surface area contributed by atoms with Crippen molar-refractivity contribution in [3.63, 3.8) is 0 Å². The normalized spacial score (nSPS) is 14.1.